The number of fused-ring (bicyclic) bond motifs is 6. The average molecular weight is 765 g/mol. The van der Waals surface area contributed by atoms with Gasteiger partial charge in [0.15, 0.2) is 0 Å². The van der Waals surface area contributed by atoms with Crippen LogP contribution in [0.5, 0.6) is 0 Å². The van der Waals surface area contributed by atoms with Gasteiger partial charge in [-0.15, -0.1) is 11.3 Å². The molecule has 3 aromatic heterocycles. The smallest absolute Gasteiger partial charge is 0.137 e. The summed E-state index contributed by atoms with van der Waals surface area (Å²) in [6.07, 6.45) is 14.1. The minimum atomic E-state index is 0.315. The van der Waals surface area contributed by atoms with Crippen molar-refractivity contribution in [1.29, 1.82) is 0 Å². The molecule has 2 aliphatic rings. The Kier molecular flexibility index (Phi) is 8.52. The predicted molar refractivity (Wildman–Crippen MR) is 245 cm³/mol. The Morgan fingerprint density at radius 3 is 1.97 bits per heavy atom. The molecule has 3 nitrogen and oxygen atoms in total. The second-order valence-corrected chi connectivity index (χ2v) is 16.4. The van der Waals surface area contributed by atoms with Crippen LogP contribution in [0.3, 0.4) is 0 Å². The number of benzene rings is 6. The van der Waals surface area contributed by atoms with E-state index in [0.717, 1.165) is 63.9 Å². The SMILES string of the molecule is Cc1c(C2=c3c(oc4cc(N(c5ccc(-c6ccccc6)cc5)c5ccc(-c6ccccc6)cc5)ccc34)=CCC2)nc2c(sc3ccccc32)c1C1C=CC=CC1. The summed E-state index contributed by atoms with van der Waals surface area (Å²) in [5, 5.41) is 3.54. The van der Waals surface area contributed by atoms with Crippen molar-refractivity contribution < 1.29 is 4.42 Å². The van der Waals surface area contributed by atoms with Crippen molar-refractivity contribution in [3.05, 3.63) is 203 Å². The van der Waals surface area contributed by atoms with Crippen molar-refractivity contribution in [3.8, 4) is 22.3 Å². The summed E-state index contributed by atoms with van der Waals surface area (Å²) in [5.74, 6) is 0.315. The molecular weight excluding hydrogens is 725 g/mol. The van der Waals surface area contributed by atoms with Crippen LogP contribution in [-0.2, 0) is 0 Å². The molecule has 0 saturated carbocycles. The van der Waals surface area contributed by atoms with Crippen LogP contribution in [0.25, 0.3) is 65.2 Å². The van der Waals surface area contributed by atoms with E-state index >= 15 is 0 Å². The average Bonchev–Trinajstić information content (AvgIpc) is 3.85. The fourth-order valence-electron chi connectivity index (χ4n) is 9.08. The lowest BCUT2D eigenvalue weighted by atomic mass is 9.86. The lowest BCUT2D eigenvalue weighted by Crippen LogP contribution is -2.27. The van der Waals surface area contributed by atoms with E-state index in [-0.39, 0.29) is 0 Å². The second-order valence-electron chi connectivity index (χ2n) is 15.3. The molecule has 58 heavy (non-hydrogen) atoms. The van der Waals surface area contributed by atoms with E-state index in [2.05, 4.69) is 194 Å². The molecule has 4 heteroatoms. The lowest BCUT2D eigenvalue weighted by Gasteiger charge is -2.26. The number of rotatable bonds is 7. The maximum Gasteiger partial charge on any atom is 0.137 e. The van der Waals surface area contributed by atoms with Gasteiger partial charge in [-0.3, -0.25) is 0 Å². The fraction of sp³-hybridized carbons (Fsp3) is 0.0926. The molecule has 278 valence electrons. The highest BCUT2D eigenvalue weighted by atomic mass is 32.1. The van der Waals surface area contributed by atoms with Crippen molar-refractivity contribution in [2.24, 2.45) is 0 Å². The molecule has 0 fully saturated rings. The third-order valence-corrected chi connectivity index (χ3v) is 13.1. The highest BCUT2D eigenvalue weighted by Crippen LogP contribution is 2.44. The molecule has 1 atom stereocenters. The Hall–Kier alpha value is -6.75. The van der Waals surface area contributed by atoms with Crippen molar-refractivity contribution in [2.75, 3.05) is 4.90 Å². The topological polar surface area (TPSA) is 29.3 Å². The standard InChI is InChI=1S/C54H40N2OS/c1-35-50(40-18-9-4-10-19-40)54-53(45-20-11-12-23-49(45)58-54)55-52(35)46-21-13-22-47-51(46)44-33-32-43(34-48(44)57-47)56(41-28-24-38(25-29-41)36-14-5-2-6-15-36)42-30-26-39(27-31-42)37-16-7-3-8-17-37/h2-12,14-18,20,22-34,40H,13,19,21H2,1H3. The number of nitrogens with zero attached hydrogens (tertiary/aromatic N) is 2. The van der Waals surface area contributed by atoms with Crippen LogP contribution in [0.4, 0.5) is 17.1 Å². The van der Waals surface area contributed by atoms with E-state index in [4.69, 9.17) is 9.40 Å². The molecule has 11 rings (SSSR count). The maximum atomic E-state index is 6.84. The first-order chi connectivity index (χ1) is 28.7. The van der Waals surface area contributed by atoms with Crippen molar-refractivity contribution in [1.82, 2.24) is 4.98 Å². The van der Waals surface area contributed by atoms with E-state index < -0.39 is 0 Å². The molecule has 0 amide bonds. The zero-order valence-corrected chi connectivity index (χ0v) is 33.0. The quantitative estimate of drug-likeness (QED) is 0.162. The number of aromatic nitrogens is 1. The molecule has 0 spiro atoms. The van der Waals surface area contributed by atoms with E-state index in [9.17, 15) is 0 Å². The van der Waals surface area contributed by atoms with Gasteiger partial charge in [0, 0.05) is 49.7 Å². The van der Waals surface area contributed by atoms with Gasteiger partial charge in [0.05, 0.1) is 15.9 Å². The number of hydrogen-bond donors (Lipinski definition) is 0. The number of thiophene rings is 1. The van der Waals surface area contributed by atoms with Gasteiger partial charge in [0.1, 0.15) is 11.0 Å². The Balaban J connectivity index is 1.08. The third kappa shape index (κ3) is 5.91. The molecule has 1 unspecified atom stereocenters. The van der Waals surface area contributed by atoms with Gasteiger partial charge < -0.3 is 9.32 Å². The summed E-state index contributed by atoms with van der Waals surface area (Å²) in [7, 11) is 0. The first kappa shape index (κ1) is 34.5. The minimum Gasteiger partial charge on any atom is -0.456 e. The van der Waals surface area contributed by atoms with Crippen LogP contribution < -0.4 is 15.5 Å². The Morgan fingerprint density at radius 1 is 0.655 bits per heavy atom. The van der Waals surface area contributed by atoms with Crippen LogP contribution in [0.15, 0.2) is 180 Å². The lowest BCUT2D eigenvalue weighted by molar-refractivity contribution is 0.571. The van der Waals surface area contributed by atoms with Gasteiger partial charge in [-0.2, -0.15) is 0 Å². The molecule has 0 radical (unpaired) electrons. The second kappa shape index (κ2) is 14.3. The number of hydrogen-bond acceptors (Lipinski definition) is 4. The van der Waals surface area contributed by atoms with E-state index in [1.165, 1.54) is 59.0 Å². The molecule has 0 aliphatic heterocycles. The van der Waals surface area contributed by atoms with Crippen molar-refractivity contribution in [2.45, 2.75) is 32.1 Å². The van der Waals surface area contributed by atoms with Crippen LogP contribution >= 0.6 is 11.3 Å². The maximum absolute atomic E-state index is 6.84. The number of furan rings is 1. The van der Waals surface area contributed by atoms with Gasteiger partial charge >= 0.3 is 0 Å². The fourth-order valence-corrected chi connectivity index (χ4v) is 10.4. The molecule has 0 bridgehead atoms. The zero-order valence-electron chi connectivity index (χ0n) is 32.2. The highest BCUT2D eigenvalue weighted by molar-refractivity contribution is 7.26. The monoisotopic (exact) mass is 764 g/mol. The van der Waals surface area contributed by atoms with E-state index in [1.54, 1.807) is 0 Å². The third-order valence-electron chi connectivity index (χ3n) is 11.9. The highest BCUT2D eigenvalue weighted by Gasteiger charge is 2.25. The molecule has 3 heterocycles. The number of allylic oxidation sites excluding steroid dienone is 4. The summed E-state index contributed by atoms with van der Waals surface area (Å²) in [6.45, 7) is 2.29. The zero-order chi connectivity index (χ0) is 38.6. The van der Waals surface area contributed by atoms with Crippen LogP contribution in [0.1, 0.15) is 42.0 Å². The summed E-state index contributed by atoms with van der Waals surface area (Å²) in [6, 6.07) is 54.3. The van der Waals surface area contributed by atoms with E-state index in [1.807, 2.05) is 11.3 Å². The van der Waals surface area contributed by atoms with E-state index in [0.29, 0.717) is 5.92 Å². The Morgan fingerprint density at radius 2 is 1.29 bits per heavy atom. The first-order valence-corrected chi connectivity index (χ1v) is 21.0. The molecule has 0 N–H and O–H groups in total. The Labute approximate surface area is 341 Å². The summed E-state index contributed by atoms with van der Waals surface area (Å²) in [4.78, 5) is 7.91. The summed E-state index contributed by atoms with van der Waals surface area (Å²) in [5.41, 5.74) is 16.0. The van der Waals surface area contributed by atoms with Gasteiger partial charge in [-0.05, 0) is 114 Å². The molecule has 9 aromatic rings. The largest absolute Gasteiger partial charge is 0.456 e. The number of pyridine rings is 1. The van der Waals surface area contributed by atoms with Crippen LogP contribution in [-0.4, -0.2) is 4.98 Å². The minimum absolute atomic E-state index is 0.315. The number of anilines is 3. The van der Waals surface area contributed by atoms with Crippen molar-refractivity contribution in [3.63, 3.8) is 0 Å². The van der Waals surface area contributed by atoms with Gasteiger partial charge in [-0.25, -0.2) is 4.98 Å². The van der Waals surface area contributed by atoms with Crippen molar-refractivity contribution >= 4 is 71.3 Å². The summed E-state index contributed by atoms with van der Waals surface area (Å²) < 4.78 is 9.44. The first-order valence-electron chi connectivity index (χ1n) is 20.2. The predicted octanol–water partition coefficient (Wildman–Crippen LogP) is 13.7. The van der Waals surface area contributed by atoms with Crippen LogP contribution in [0, 0.1) is 6.92 Å². The van der Waals surface area contributed by atoms with Crippen LogP contribution in [0.2, 0.25) is 0 Å². The normalized spacial score (nSPS) is 14.9. The van der Waals surface area contributed by atoms with Gasteiger partial charge in [0.2, 0.25) is 0 Å². The van der Waals surface area contributed by atoms with Gasteiger partial charge in [-0.1, -0.05) is 127 Å². The van der Waals surface area contributed by atoms with Gasteiger partial charge in [0.25, 0.3) is 0 Å². The Bertz CT molecular complexity index is 3110. The molecule has 0 saturated heterocycles. The molecular formula is C54H40N2OS. The molecule has 2 aliphatic carbocycles. The summed E-state index contributed by atoms with van der Waals surface area (Å²) >= 11 is 1.88. The molecule has 6 aromatic carbocycles.